The maximum atomic E-state index is 13.8. The summed E-state index contributed by atoms with van der Waals surface area (Å²) in [6.07, 6.45) is 0.332. The molecule has 3 rings (SSSR count). The standard InChI is InChI=1S/C28H29Cl3N2O2/c1-28(2,3)32-27(35)25(16-19-8-5-4-6-9-19)33(18-20-12-14-21(29)15-13-20)26(34)17-22-23(30)10-7-11-24(22)31/h4-15,25H,16-18H2,1-3H3,(H,32,35)/t25-/m1/s1. The zero-order valence-corrected chi connectivity index (χ0v) is 22.3. The van der Waals surface area contributed by atoms with Crippen LogP contribution in [-0.2, 0) is 29.0 Å². The van der Waals surface area contributed by atoms with Crippen LogP contribution >= 0.6 is 34.8 Å². The zero-order chi connectivity index (χ0) is 25.6. The van der Waals surface area contributed by atoms with Crippen LogP contribution in [-0.4, -0.2) is 28.3 Å². The Morgan fingerprint density at radius 1 is 0.829 bits per heavy atom. The first-order chi connectivity index (χ1) is 16.5. The van der Waals surface area contributed by atoms with E-state index in [2.05, 4.69) is 5.32 Å². The third kappa shape index (κ3) is 7.99. The SMILES string of the molecule is CC(C)(C)NC(=O)[C@@H](Cc1ccccc1)N(Cc1ccc(Cl)cc1)C(=O)Cc1c(Cl)cccc1Cl. The summed E-state index contributed by atoms with van der Waals surface area (Å²) in [5.74, 6) is -0.478. The van der Waals surface area contributed by atoms with Crippen molar-refractivity contribution in [2.45, 2.75) is 51.7 Å². The van der Waals surface area contributed by atoms with Gasteiger partial charge in [0.2, 0.25) is 11.8 Å². The van der Waals surface area contributed by atoms with Gasteiger partial charge in [0.1, 0.15) is 6.04 Å². The van der Waals surface area contributed by atoms with Crippen molar-refractivity contribution in [3.8, 4) is 0 Å². The van der Waals surface area contributed by atoms with Gasteiger partial charge >= 0.3 is 0 Å². The van der Waals surface area contributed by atoms with Crippen LogP contribution in [0.25, 0.3) is 0 Å². The Bertz CT molecular complexity index is 1140. The molecule has 0 aliphatic heterocycles. The molecule has 3 aromatic rings. The predicted molar refractivity (Wildman–Crippen MR) is 144 cm³/mol. The second-order valence-corrected chi connectivity index (χ2v) is 10.7. The summed E-state index contributed by atoms with van der Waals surface area (Å²) in [6, 6.07) is 21.3. The van der Waals surface area contributed by atoms with Crippen LogP contribution in [0, 0.1) is 0 Å². The van der Waals surface area contributed by atoms with Crippen LogP contribution in [0.3, 0.4) is 0 Å². The monoisotopic (exact) mass is 530 g/mol. The van der Waals surface area contributed by atoms with E-state index >= 15 is 0 Å². The number of hydrogen-bond acceptors (Lipinski definition) is 2. The van der Waals surface area contributed by atoms with E-state index < -0.39 is 11.6 Å². The molecule has 184 valence electrons. The van der Waals surface area contributed by atoms with E-state index in [0.29, 0.717) is 27.1 Å². The Hall–Kier alpha value is -2.53. The Morgan fingerprint density at radius 2 is 1.43 bits per heavy atom. The van der Waals surface area contributed by atoms with Gasteiger partial charge in [-0.25, -0.2) is 0 Å². The molecule has 7 heteroatoms. The summed E-state index contributed by atoms with van der Waals surface area (Å²) in [7, 11) is 0. The molecule has 4 nitrogen and oxygen atoms in total. The van der Waals surface area contributed by atoms with Gasteiger partial charge in [0.15, 0.2) is 0 Å². The van der Waals surface area contributed by atoms with Gasteiger partial charge in [-0.15, -0.1) is 0 Å². The molecule has 0 aliphatic rings. The van der Waals surface area contributed by atoms with Crippen molar-refractivity contribution in [2.75, 3.05) is 0 Å². The van der Waals surface area contributed by atoms with Gasteiger partial charge in [-0.2, -0.15) is 0 Å². The minimum atomic E-state index is -0.749. The third-order valence-corrected chi connectivity index (χ3v) is 6.39. The number of nitrogens with zero attached hydrogens (tertiary/aromatic N) is 1. The van der Waals surface area contributed by atoms with Crippen LogP contribution < -0.4 is 5.32 Å². The number of nitrogens with one attached hydrogen (secondary N) is 1. The minimum absolute atomic E-state index is 0.0276. The molecule has 3 aromatic carbocycles. The molecule has 0 heterocycles. The lowest BCUT2D eigenvalue weighted by Gasteiger charge is -2.34. The van der Waals surface area contributed by atoms with Gasteiger partial charge in [-0.3, -0.25) is 9.59 Å². The van der Waals surface area contributed by atoms with Crippen molar-refractivity contribution >= 4 is 46.6 Å². The molecule has 2 amide bonds. The van der Waals surface area contributed by atoms with Crippen molar-refractivity contribution in [1.82, 2.24) is 10.2 Å². The first kappa shape index (κ1) is 27.1. The number of carbonyl (C=O) groups excluding carboxylic acids is 2. The second-order valence-electron chi connectivity index (χ2n) is 9.47. The normalized spacial score (nSPS) is 12.2. The van der Waals surface area contributed by atoms with Crippen molar-refractivity contribution in [3.63, 3.8) is 0 Å². The molecule has 0 spiro atoms. The quantitative estimate of drug-likeness (QED) is 0.350. The lowest BCUT2D eigenvalue weighted by molar-refractivity contribution is -0.141. The Kier molecular flexibility index (Phi) is 9.23. The van der Waals surface area contributed by atoms with Crippen molar-refractivity contribution in [3.05, 3.63) is 105 Å². The molecule has 0 aliphatic carbocycles. The maximum absolute atomic E-state index is 13.8. The molecule has 0 saturated carbocycles. The molecule has 0 radical (unpaired) electrons. The third-order valence-electron chi connectivity index (χ3n) is 5.43. The summed E-state index contributed by atoms with van der Waals surface area (Å²) in [5, 5.41) is 4.47. The summed E-state index contributed by atoms with van der Waals surface area (Å²) >= 11 is 18.8. The van der Waals surface area contributed by atoms with Crippen molar-refractivity contribution in [2.24, 2.45) is 0 Å². The fourth-order valence-corrected chi connectivity index (χ4v) is 4.40. The van der Waals surface area contributed by atoms with Gasteiger partial charge in [-0.05, 0) is 61.7 Å². The van der Waals surface area contributed by atoms with E-state index in [4.69, 9.17) is 34.8 Å². The summed E-state index contributed by atoms with van der Waals surface area (Å²) in [5.41, 5.74) is 1.88. The molecule has 0 bridgehead atoms. The smallest absolute Gasteiger partial charge is 0.243 e. The Balaban J connectivity index is 2.02. The average Bonchev–Trinajstić information content (AvgIpc) is 2.79. The highest BCUT2D eigenvalue weighted by Gasteiger charge is 2.32. The summed E-state index contributed by atoms with van der Waals surface area (Å²) < 4.78 is 0. The van der Waals surface area contributed by atoms with Crippen LogP contribution in [0.5, 0.6) is 0 Å². The highest BCUT2D eigenvalue weighted by atomic mass is 35.5. The van der Waals surface area contributed by atoms with E-state index in [-0.39, 0.29) is 24.8 Å². The lowest BCUT2D eigenvalue weighted by atomic mass is 10.00. The molecular weight excluding hydrogens is 503 g/mol. The lowest BCUT2D eigenvalue weighted by Crippen LogP contribution is -2.54. The summed E-state index contributed by atoms with van der Waals surface area (Å²) in [6.45, 7) is 5.98. The first-order valence-corrected chi connectivity index (χ1v) is 12.5. The number of rotatable bonds is 8. The number of halogens is 3. The summed E-state index contributed by atoms with van der Waals surface area (Å²) in [4.78, 5) is 29.0. The Labute approximate surface area is 222 Å². The molecule has 35 heavy (non-hydrogen) atoms. The molecule has 0 aromatic heterocycles. The molecule has 0 saturated heterocycles. The molecular formula is C28H29Cl3N2O2. The van der Waals surface area contributed by atoms with Crippen LogP contribution in [0.4, 0.5) is 0 Å². The van der Waals surface area contributed by atoms with Gasteiger partial charge in [-0.1, -0.05) is 83.3 Å². The van der Waals surface area contributed by atoms with Gasteiger partial charge in [0, 0.05) is 33.6 Å². The van der Waals surface area contributed by atoms with E-state index in [0.717, 1.165) is 11.1 Å². The second kappa shape index (κ2) is 11.9. The van der Waals surface area contributed by atoms with Crippen molar-refractivity contribution in [1.29, 1.82) is 0 Å². The molecule has 0 fully saturated rings. The maximum Gasteiger partial charge on any atom is 0.243 e. The van der Waals surface area contributed by atoms with Crippen LogP contribution in [0.2, 0.25) is 15.1 Å². The number of amides is 2. The topological polar surface area (TPSA) is 49.4 Å². The van der Waals surface area contributed by atoms with E-state index in [1.807, 2.05) is 63.2 Å². The van der Waals surface area contributed by atoms with Crippen LogP contribution in [0.15, 0.2) is 72.8 Å². The molecule has 0 unspecified atom stereocenters. The van der Waals surface area contributed by atoms with Crippen LogP contribution in [0.1, 0.15) is 37.5 Å². The molecule has 1 atom stereocenters. The fourth-order valence-electron chi connectivity index (χ4n) is 3.75. The fraction of sp³-hybridized carbons (Fsp3) is 0.286. The Morgan fingerprint density at radius 3 is 2.00 bits per heavy atom. The van der Waals surface area contributed by atoms with E-state index in [1.165, 1.54) is 0 Å². The highest BCUT2D eigenvalue weighted by Crippen LogP contribution is 2.26. The number of benzene rings is 3. The largest absolute Gasteiger partial charge is 0.350 e. The predicted octanol–water partition coefficient (Wildman–Crippen LogP) is 6.74. The average molecular weight is 532 g/mol. The molecule has 1 N–H and O–H groups in total. The number of carbonyl (C=O) groups is 2. The van der Waals surface area contributed by atoms with Gasteiger partial charge in [0.25, 0.3) is 0 Å². The zero-order valence-electron chi connectivity index (χ0n) is 20.0. The van der Waals surface area contributed by atoms with E-state index in [1.54, 1.807) is 35.2 Å². The van der Waals surface area contributed by atoms with Gasteiger partial charge in [0.05, 0.1) is 6.42 Å². The van der Waals surface area contributed by atoms with Gasteiger partial charge < -0.3 is 10.2 Å². The minimum Gasteiger partial charge on any atom is -0.350 e. The van der Waals surface area contributed by atoms with E-state index in [9.17, 15) is 9.59 Å². The highest BCUT2D eigenvalue weighted by molar-refractivity contribution is 6.36. The first-order valence-electron chi connectivity index (χ1n) is 11.4. The van der Waals surface area contributed by atoms with Crippen molar-refractivity contribution < 1.29 is 9.59 Å². The number of hydrogen-bond donors (Lipinski definition) is 1.